The molecule has 0 spiro atoms. The highest BCUT2D eigenvalue weighted by Crippen LogP contribution is 2.40. The molecule has 1 saturated heterocycles. The second-order valence-corrected chi connectivity index (χ2v) is 6.36. The first-order valence-electron chi connectivity index (χ1n) is 6.70. The van der Waals surface area contributed by atoms with Crippen LogP contribution >= 0.6 is 0 Å². The maximum atomic E-state index is 12.5. The fourth-order valence-corrected chi connectivity index (χ4v) is 2.97. The molecule has 17 heavy (non-hydrogen) atoms. The molecule has 1 aliphatic carbocycles. The molecule has 0 aromatic carbocycles. The summed E-state index contributed by atoms with van der Waals surface area (Å²) in [5.41, 5.74) is -0.326. The van der Waals surface area contributed by atoms with E-state index in [2.05, 4.69) is 19.9 Å². The van der Waals surface area contributed by atoms with Crippen molar-refractivity contribution in [2.75, 3.05) is 13.1 Å². The highest BCUT2D eigenvalue weighted by Gasteiger charge is 2.44. The van der Waals surface area contributed by atoms with Gasteiger partial charge < -0.3 is 4.90 Å². The van der Waals surface area contributed by atoms with Gasteiger partial charge in [0.25, 0.3) is 0 Å². The number of hydrogen-bond donors (Lipinski definition) is 0. The van der Waals surface area contributed by atoms with Gasteiger partial charge in [0.1, 0.15) is 5.41 Å². The predicted molar refractivity (Wildman–Crippen MR) is 66.1 cm³/mol. The molecule has 1 heterocycles. The van der Waals surface area contributed by atoms with Gasteiger partial charge in [0, 0.05) is 13.1 Å². The molecule has 3 nitrogen and oxygen atoms in total. The average Bonchev–Trinajstić information content (AvgIpc) is 2.78. The van der Waals surface area contributed by atoms with E-state index in [1.807, 2.05) is 4.90 Å². The minimum absolute atomic E-state index is 0.105. The Balaban J connectivity index is 2.04. The van der Waals surface area contributed by atoms with Gasteiger partial charge in [-0.1, -0.05) is 26.7 Å². The van der Waals surface area contributed by atoms with E-state index in [9.17, 15) is 10.1 Å². The number of rotatable bonds is 1. The molecule has 0 radical (unpaired) electrons. The van der Waals surface area contributed by atoms with Crippen LogP contribution in [0.25, 0.3) is 0 Å². The van der Waals surface area contributed by atoms with Crippen molar-refractivity contribution in [2.45, 2.75) is 52.4 Å². The summed E-state index contributed by atoms with van der Waals surface area (Å²) in [5.74, 6) is 0.105. The molecule has 0 aromatic rings. The van der Waals surface area contributed by atoms with Crippen LogP contribution in [0.1, 0.15) is 52.4 Å². The Morgan fingerprint density at radius 3 is 2.12 bits per heavy atom. The van der Waals surface area contributed by atoms with E-state index in [1.54, 1.807) is 0 Å². The summed E-state index contributed by atoms with van der Waals surface area (Å²) >= 11 is 0. The van der Waals surface area contributed by atoms with Crippen molar-refractivity contribution in [1.82, 2.24) is 4.90 Å². The summed E-state index contributed by atoms with van der Waals surface area (Å²) in [5, 5.41) is 9.32. The van der Waals surface area contributed by atoms with Crippen LogP contribution in [-0.4, -0.2) is 23.9 Å². The van der Waals surface area contributed by atoms with Crippen LogP contribution in [0, 0.1) is 22.2 Å². The second-order valence-electron chi connectivity index (χ2n) is 6.36. The normalized spacial score (nSPS) is 26.5. The first-order valence-corrected chi connectivity index (χ1v) is 6.70. The Kier molecular flexibility index (Phi) is 3.16. The summed E-state index contributed by atoms with van der Waals surface area (Å²) in [4.78, 5) is 14.4. The molecule has 1 amide bonds. The molecule has 1 saturated carbocycles. The third kappa shape index (κ3) is 2.31. The molecule has 1 aliphatic heterocycles. The molecule has 2 aliphatic rings. The van der Waals surface area contributed by atoms with Crippen molar-refractivity contribution in [3.05, 3.63) is 0 Å². The van der Waals surface area contributed by atoms with Gasteiger partial charge in [-0.15, -0.1) is 0 Å². The smallest absolute Gasteiger partial charge is 0.243 e. The number of hydrogen-bond acceptors (Lipinski definition) is 2. The maximum Gasteiger partial charge on any atom is 0.243 e. The fourth-order valence-electron chi connectivity index (χ4n) is 2.97. The SMILES string of the molecule is CC1(C)CCN(C(=O)C2(C#N)CCCC2)CC1. The molecule has 0 unspecified atom stereocenters. The van der Waals surface area contributed by atoms with Gasteiger partial charge in [-0.2, -0.15) is 5.26 Å². The molecule has 0 aromatic heterocycles. The van der Waals surface area contributed by atoms with Crippen LogP contribution in [0.4, 0.5) is 0 Å². The Morgan fingerprint density at radius 1 is 1.12 bits per heavy atom. The van der Waals surface area contributed by atoms with Crippen molar-refractivity contribution in [3.63, 3.8) is 0 Å². The topological polar surface area (TPSA) is 44.1 Å². The third-order valence-corrected chi connectivity index (χ3v) is 4.48. The minimum atomic E-state index is -0.679. The van der Waals surface area contributed by atoms with Crippen molar-refractivity contribution in [1.29, 1.82) is 5.26 Å². The van der Waals surface area contributed by atoms with Crippen molar-refractivity contribution < 1.29 is 4.79 Å². The molecule has 3 heteroatoms. The minimum Gasteiger partial charge on any atom is -0.341 e. The summed E-state index contributed by atoms with van der Waals surface area (Å²) in [7, 11) is 0. The zero-order valence-corrected chi connectivity index (χ0v) is 11.0. The van der Waals surface area contributed by atoms with Crippen LogP contribution in [-0.2, 0) is 4.79 Å². The van der Waals surface area contributed by atoms with Gasteiger partial charge in [0.2, 0.25) is 5.91 Å². The maximum absolute atomic E-state index is 12.5. The fraction of sp³-hybridized carbons (Fsp3) is 0.857. The zero-order chi connectivity index (χ0) is 12.5. The molecule has 2 rings (SSSR count). The van der Waals surface area contributed by atoms with Gasteiger partial charge in [0.15, 0.2) is 0 Å². The summed E-state index contributed by atoms with van der Waals surface area (Å²) in [6.07, 6.45) is 5.70. The van der Waals surface area contributed by atoms with E-state index >= 15 is 0 Å². The number of likely N-dealkylation sites (tertiary alicyclic amines) is 1. The Morgan fingerprint density at radius 2 is 1.65 bits per heavy atom. The van der Waals surface area contributed by atoms with E-state index in [0.29, 0.717) is 5.41 Å². The van der Waals surface area contributed by atoms with Crippen molar-refractivity contribution >= 4 is 5.91 Å². The van der Waals surface area contributed by atoms with Gasteiger partial charge in [-0.05, 0) is 31.1 Å². The molecule has 0 atom stereocenters. The van der Waals surface area contributed by atoms with E-state index in [0.717, 1.165) is 51.6 Å². The standard InChI is InChI=1S/C14H22N2O/c1-13(2)7-9-16(10-8-13)12(17)14(11-15)5-3-4-6-14/h3-10H2,1-2H3. The third-order valence-electron chi connectivity index (χ3n) is 4.48. The zero-order valence-electron chi connectivity index (χ0n) is 11.0. The van der Waals surface area contributed by atoms with E-state index in [4.69, 9.17) is 0 Å². The lowest BCUT2D eigenvalue weighted by atomic mass is 9.80. The lowest BCUT2D eigenvalue weighted by Gasteiger charge is -2.39. The highest BCUT2D eigenvalue weighted by molar-refractivity contribution is 5.85. The van der Waals surface area contributed by atoms with Gasteiger partial charge in [0.05, 0.1) is 6.07 Å². The average molecular weight is 234 g/mol. The van der Waals surface area contributed by atoms with Gasteiger partial charge in [-0.25, -0.2) is 0 Å². The van der Waals surface area contributed by atoms with Crippen LogP contribution in [0.15, 0.2) is 0 Å². The molecular weight excluding hydrogens is 212 g/mol. The largest absolute Gasteiger partial charge is 0.341 e. The van der Waals surface area contributed by atoms with E-state index in [1.165, 1.54) is 0 Å². The first-order chi connectivity index (χ1) is 7.99. The number of nitrogens with zero attached hydrogens (tertiary/aromatic N) is 2. The Bertz CT molecular complexity index is 338. The summed E-state index contributed by atoms with van der Waals surface area (Å²) in [6, 6.07) is 2.30. The molecule has 0 bridgehead atoms. The molecule has 0 N–H and O–H groups in total. The second kappa shape index (κ2) is 4.33. The van der Waals surface area contributed by atoms with E-state index < -0.39 is 5.41 Å². The van der Waals surface area contributed by atoms with Crippen LogP contribution in [0.5, 0.6) is 0 Å². The van der Waals surface area contributed by atoms with Crippen LogP contribution in [0.2, 0.25) is 0 Å². The van der Waals surface area contributed by atoms with Gasteiger partial charge >= 0.3 is 0 Å². The highest BCUT2D eigenvalue weighted by atomic mass is 16.2. The van der Waals surface area contributed by atoms with Gasteiger partial charge in [-0.3, -0.25) is 4.79 Å². The van der Waals surface area contributed by atoms with Crippen molar-refractivity contribution in [2.24, 2.45) is 10.8 Å². The number of amides is 1. The number of carbonyl (C=O) groups excluding carboxylic acids is 1. The molecule has 2 fully saturated rings. The summed E-state index contributed by atoms with van der Waals surface area (Å²) in [6.45, 7) is 6.17. The summed E-state index contributed by atoms with van der Waals surface area (Å²) < 4.78 is 0. The quantitative estimate of drug-likeness (QED) is 0.700. The predicted octanol–water partition coefficient (Wildman–Crippen LogP) is 2.72. The number of carbonyl (C=O) groups is 1. The van der Waals surface area contributed by atoms with E-state index in [-0.39, 0.29) is 5.91 Å². The number of piperidine rings is 1. The van der Waals surface area contributed by atoms with Crippen LogP contribution in [0.3, 0.4) is 0 Å². The Labute approximate surface area is 104 Å². The van der Waals surface area contributed by atoms with Crippen LogP contribution < -0.4 is 0 Å². The monoisotopic (exact) mass is 234 g/mol. The number of nitriles is 1. The van der Waals surface area contributed by atoms with Crippen molar-refractivity contribution in [3.8, 4) is 6.07 Å². The first kappa shape index (κ1) is 12.4. The molecule has 94 valence electrons. The lowest BCUT2D eigenvalue weighted by Crippen LogP contribution is -2.47. The lowest BCUT2D eigenvalue weighted by molar-refractivity contribution is -0.140. The molecular formula is C14H22N2O. The Hall–Kier alpha value is -1.04.